The van der Waals surface area contributed by atoms with Crippen LogP contribution in [0.5, 0.6) is 0 Å². The molecule has 4 aromatic rings. The van der Waals surface area contributed by atoms with E-state index in [4.69, 9.17) is 4.74 Å². The monoisotopic (exact) mass is 447 g/mol. The van der Waals surface area contributed by atoms with Crippen LogP contribution in [0.4, 0.5) is 20.6 Å². The topological polar surface area (TPSA) is 81.4 Å². The lowest BCUT2D eigenvalue weighted by Crippen LogP contribution is -2.26. The van der Waals surface area contributed by atoms with Crippen LogP contribution in [0.15, 0.2) is 79.3 Å². The lowest BCUT2D eigenvalue weighted by molar-refractivity contribution is 0.102. The fourth-order valence-electron chi connectivity index (χ4n) is 3.29. The van der Waals surface area contributed by atoms with Crippen LogP contribution in [0.2, 0.25) is 0 Å². The fourth-order valence-corrected chi connectivity index (χ4v) is 3.29. The van der Waals surface area contributed by atoms with E-state index >= 15 is 0 Å². The normalized spacial score (nSPS) is 10.6. The van der Waals surface area contributed by atoms with E-state index in [9.17, 15) is 14.0 Å². The lowest BCUT2D eigenvalue weighted by Gasteiger charge is -2.17. The van der Waals surface area contributed by atoms with Crippen LogP contribution in [0, 0.1) is 5.82 Å². The maximum atomic E-state index is 13.4. The van der Waals surface area contributed by atoms with E-state index in [0.29, 0.717) is 28.4 Å². The number of hydrogen-bond acceptors (Lipinski definition) is 4. The highest BCUT2D eigenvalue weighted by molar-refractivity contribution is 6.06. The van der Waals surface area contributed by atoms with Crippen LogP contribution in [0.1, 0.15) is 17.3 Å². The third kappa shape index (κ3) is 4.62. The van der Waals surface area contributed by atoms with Crippen molar-refractivity contribution >= 4 is 23.4 Å². The minimum Gasteiger partial charge on any atom is -0.449 e. The Morgan fingerprint density at radius 3 is 2.36 bits per heavy atom. The molecule has 0 aliphatic heterocycles. The third-order valence-electron chi connectivity index (χ3n) is 4.96. The van der Waals surface area contributed by atoms with Gasteiger partial charge in [0.2, 0.25) is 0 Å². The molecule has 2 aromatic carbocycles. The first kappa shape index (κ1) is 21.8. The van der Waals surface area contributed by atoms with E-state index in [0.717, 1.165) is 0 Å². The van der Waals surface area contributed by atoms with Crippen LogP contribution in [-0.4, -0.2) is 40.0 Å². The Morgan fingerprint density at radius 1 is 1.06 bits per heavy atom. The summed E-state index contributed by atoms with van der Waals surface area (Å²) in [6.07, 6.45) is 4.61. The van der Waals surface area contributed by atoms with Gasteiger partial charge in [0.15, 0.2) is 5.82 Å². The maximum absolute atomic E-state index is 13.4. The molecule has 1 N–H and O–H groups in total. The van der Waals surface area contributed by atoms with Gasteiger partial charge in [-0.1, -0.05) is 0 Å². The number of nitrogens with one attached hydrogen (secondary N) is 1. The van der Waals surface area contributed by atoms with Gasteiger partial charge in [0.05, 0.1) is 18.5 Å². The number of anilines is 2. The number of aromatic nitrogens is 3. The molecule has 0 saturated carbocycles. The summed E-state index contributed by atoms with van der Waals surface area (Å²) in [6, 6.07) is 16.3. The third-order valence-corrected chi connectivity index (χ3v) is 4.96. The standard InChI is InChI=1S/C24H22FN5O3/c1-3-33-24(32)28(2)19-12-8-18(9-13-19)27-22(31)21-16-26-30(20-10-6-17(25)7-11-20)23(21)29-14-4-5-15-29/h4-16H,3H2,1-2H3,(H,27,31). The van der Waals surface area contributed by atoms with E-state index < -0.39 is 6.09 Å². The summed E-state index contributed by atoms with van der Waals surface area (Å²) >= 11 is 0. The van der Waals surface area contributed by atoms with Gasteiger partial charge in [0, 0.05) is 30.8 Å². The zero-order valence-corrected chi connectivity index (χ0v) is 18.1. The molecule has 4 rings (SSSR count). The van der Waals surface area contributed by atoms with Crippen molar-refractivity contribution < 1.29 is 18.7 Å². The second-order valence-corrected chi connectivity index (χ2v) is 7.12. The molecule has 0 fully saturated rings. The highest BCUT2D eigenvalue weighted by Crippen LogP contribution is 2.23. The Balaban J connectivity index is 1.60. The number of carbonyl (C=O) groups is 2. The van der Waals surface area contributed by atoms with Crippen molar-refractivity contribution in [3.8, 4) is 11.5 Å². The van der Waals surface area contributed by atoms with Crippen molar-refractivity contribution in [1.29, 1.82) is 0 Å². The molecule has 8 nitrogen and oxygen atoms in total. The number of nitrogens with zero attached hydrogens (tertiary/aromatic N) is 4. The molecule has 33 heavy (non-hydrogen) atoms. The summed E-state index contributed by atoms with van der Waals surface area (Å²) in [7, 11) is 1.61. The molecule has 0 unspecified atom stereocenters. The van der Waals surface area contributed by atoms with Crippen molar-refractivity contribution in [2.24, 2.45) is 0 Å². The Hall–Kier alpha value is -4.40. The molecule has 168 valence electrons. The predicted molar refractivity (Wildman–Crippen MR) is 123 cm³/mol. The zero-order chi connectivity index (χ0) is 23.4. The van der Waals surface area contributed by atoms with Crippen molar-refractivity contribution in [1.82, 2.24) is 14.3 Å². The number of halogens is 1. The van der Waals surface area contributed by atoms with E-state index in [1.54, 1.807) is 72.0 Å². The van der Waals surface area contributed by atoms with E-state index in [-0.39, 0.29) is 18.3 Å². The lowest BCUT2D eigenvalue weighted by atomic mass is 10.2. The van der Waals surface area contributed by atoms with Crippen LogP contribution in [0.25, 0.3) is 11.5 Å². The number of hydrogen-bond donors (Lipinski definition) is 1. The van der Waals surface area contributed by atoms with E-state index in [1.807, 2.05) is 12.1 Å². The summed E-state index contributed by atoms with van der Waals surface area (Å²) in [5.41, 5.74) is 2.13. The van der Waals surface area contributed by atoms with Crippen LogP contribution < -0.4 is 10.2 Å². The second kappa shape index (κ2) is 9.39. The molecule has 0 aliphatic carbocycles. The maximum Gasteiger partial charge on any atom is 0.413 e. The number of amides is 2. The van der Waals surface area contributed by atoms with Crippen LogP contribution in [0.3, 0.4) is 0 Å². The average Bonchev–Trinajstić information content (AvgIpc) is 3.49. The van der Waals surface area contributed by atoms with Crippen LogP contribution in [-0.2, 0) is 4.74 Å². The highest BCUT2D eigenvalue weighted by Gasteiger charge is 2.20. The first-order valence-electron chi connectivity index (χ1n) is 10.3. The van der Waals surface area contributed by atoms with Crippen LogP contribution >= 0.6 is 0 Å². The van der Waals surface area contributed by atoms with E-state index in [1.165, 1.54) is 23.2 Å². The second-order valence-electron chi connectivity index (χ2n) is 7.12. The first-order valence-corrected chi connectivity index (χ1v) is 10.3. The van der Waals surface area contributed by atoms with Gasteiger partial charge in [0.1, 0.15) is 11.4 Å². The number of rotatable bonds is 6. The number of benzene rings is 2. The molecular formula is C24H22FN5O3. The molecule has 2 heterocycles. The summed E-state index contributed by atoms with van der Waals surface area (Å²) < 4.78 is 21.7. The minimum atomic E-state index is -0.459. The minimum absolute atomic E-state index is 0.284. The van der Waals surface area contributed by atoms with Gasteiger partial charge < -0.3 is 14.6 Å². The molecule has 0 saturated heterocycles. The van der Waals surface area contributed by atoms with Crippen molar-refractivity contribution in [3.63, 3.8) is 0 Å². The molecule has 0 radical (unpaired) electrons. The molecular weight excluding hydrogens is 425 g/mol. The average molecular weight is 447 g/mol. The number of carbonyl (C=O) groups excluding carboxylic acids is 2. The van der Waals surface area contributed by atoms with Crippen molar-refractivity contribution in [2.75, 3.05) is 23.9 Å². The summed E-state index contributed by atoms with van der Waals surface area (Å²) in [4.78, 5) is 26.4. The SMILES string of the molecule is CCOC(=O)N(C)c1ccc(NC(=O)c2cnn(-c3ccc(F)cc3)c2-n2cccc2)cc1. The van der Waals surface area contributed by atoms with Gasteiger partial charge >= 0.3 is 6.09 Å². The van der Waals surface area contributed by atoms with E-state index in [2.05, 4.69) is 10.4 Å². The van der Waals surface area contributed by atoms with Gasteiger partial charge in [-0.05, 0) is 67.6 Å². The highest BCUT2D eigenvalue weighted by atomic mass is 19.1. The van der Waals surface area contributed by atoms with Gasteiger partial charge in [-0.2, -0.15) is 5.10 Å². The molecule has 2 amide bonds. The molecule has 0 atom stereocenters. The molecule has 0 spiro atoms. The zero-order valence-electron chi connectivity index (χ0n) is 18.1. The molecule has 9 heteroatoms. The Morgan fingerprint density at radius 2 is 1.73 bits per heavy atom. The van der Waals surface area contributed by atoms with Gasteiger partial charge in [-0.25, -0.2) is 13.9 Å². The smallest absolute Gasteiger partial charge is 0.413 e. The van der Waals surface area contributed by atoms with Crippen molar-refractivity contribution in [2.45, 2.75) is 6.92 Å². The fraction of sp³-hybridized carbons (Fsp3) is 0.125. The van der Waals surface area contributed by atoms with Crippen molar-refractivity contribution in [3.05, 3.63) is 90.6 Å². The Bertz CT molecular complexity index is 1250. The predicted octanol–water partition coefficient (Wildman–Crippen LogP) is 4.65. The Labute approximate surface area is 189 Å². The van der Waals surface area contributed by atoms with Gasteiger partial charge in [-0.3, -0.25) is 9.69 Å². The summed E-state index contributed by atoms with van der Waals surface area (Å²) in [5.74, 6) is -0.204. The molecule has 2 aromatic heterocycles. The summed E-state index contributed by atoms with van der Waals surface area (Å²) in [6.45, 7) is 2.03. The first-order chi connectivity index (χ1) is 16.0. The van der Waals surface area contributed by atoms with Gasteiger partial charge in [0.25, 0.3) is 5.91 Å². The molecule has 0 bridgehead atoms. The van der Waals surface area contributed by atoms with Gasteiger partial charge in [-0.15, -0.1) is 0 Å². The quantitative estimate of drug-likeness (QED) is 0.467. The summed E-state index contributed by atoms with van der Waals surface area (Å²) in [5, 5.41) is 7.22. The largest absolute Gasteiger partial charge is 0.449 e. The Kier molecular flexibility index (Phi) is 6.21. The molecule has 0 aliphatic rings. The number of ether oxygens (including phenoxy) is 1.